The van der Waals surface area contributed by atoms with Crippen LogP contribution in [0.2, 0.25) is 0 Å². The van der Waals surface area contributed by atoms with E-state index in [1.54, 1.807) is 0 Å². The zero-order valence-corrected chi connectivity index (χ0v) is 8.39. The average Bonchev–Trinajstić information content (AvgIpc) is 2.80. The summed E-state index contributed by atoms with van der Waals surface area (Å²) >= 11 is 0. The molecule has 1 atom stereocenters. The number of rotatable bonds is 1. The SMILES string of the molecule is C1CCN([C@H]2CNCC23CC3)CC1. The molecule has 0 aromatic carbocycles. The van der Waals surface area contributed by atoms with Crippen LogP contribution >= 0.6 is 0 Å². The molecule has 1 aliphatic carbocycles. The van der Waals surface area contributed by atoms with Crippen molar-refractivity contribution in [3.63, 3.8) is 0 Å². The summed E-state index contributed by atoms with van der Waals surface area (Å²) in [6, 6.07) is 0.896. The van der Waals surface area contributed by atoms with Gasteiger partial charge in [-0.2, -0.15) is 0 Å². The van der Waals surface area contributed by atoms with Gasteiger partial charge >= 0.3 is 0 Å². The molecule has 3 rings (SSSR count). The van der Waals surface area contributed by atoms with Gasteiger partial charge in [-0.15, -0.1) is 0 Å². The van der Waals surface area contributed by atoms with Gasteiger partial charge in [0.15, 0.2) is 0 Å². The van der Waals surface area contributed by atoms with Crippen molar-refractivity contribution in [2.24, 2.45) is 5.41 Å². The third-order valence-electron chi connectivity index (χ3n) is 4.25. The summed E-state index contributed by atoms with van der Waals surface area (Å²) < 4.78 is 0. The van der Waals surface area contributed by atoms with Gasteiger partial charge in [0.2, 0.25) is 0 Å². The molecule has 0 unspecified atom stereocenters. The van der Waals surface area contributed by atoms with Crippen molar-refractivity contribution < 1.29 is 0 Å². The first-order valence-corrected chi connectivity index (χ1v) is 5.86. The van der Waals surface area contributed by atoms with E-state index in [1.807, 2.05) is 0 Å². The molecule has 1 N–H and O–H groups in total. The molecule has 2 saturated heterocycles. The van der Waals surface area contributed by atoms with E-state index in [9.17, 15) is 0 Å². The van der Waals surface area contributed by atoms with Crippen LogP contribution in [0.25, 0.3) is 0 Å². The van der Waals surface area contributed by atoms with Crippen molar-refractivity contribution in [1.82, 2.24) is 10.2 Å². The van der Waals surface area contributed by atoms with Gasteiger partial charge in [0.1, 0.15) is 0 Å². The lowest BCUT2D eigenvalue weighted by atomic mass is 9.97. The zero-order chi connectivity index (χ0) is 8.73. The zero-order valence-electron chi connectivity index (χ0n) is 8.39. The molecule has 74 valence electrons. The number of nitrogens with one attached hydrogen (secondary N) is 1. The Morgan fingerprint density at radius 1 is 1.08 bits per heavy atom. The van der Waals surface area contributed by atoms with E-state index in [-0.39, 0.29) is 0 Å². The lowest BCUT2D eigenvalue weighted by Crippen LogP contribution is -2.44. The van der Waals surface area contributed by atoms with Gasteiger partial charge in [0.25, 0.3) is 0 Å². The van der Waals surface area contributed by atoms with Gasteiger partial charge in [-0.05, 0) is 44.2 Å². The van der Waals surface area contributed by atoms with Crippen LogP contribution in [0.5, 0.6) is 0 Å². The van der Waals surface area contributed by atoms with Gasteiger partial charge in [0, 0.05) is 19.1 Å². The Balaban J connectivity index is 1.69. The molecule has 3 aliphatic rings. The maximum atomic E-state index is 3.58. The lowest BCUT2D eigenvalue weighted by Gasteiger charge is -2.35. The monoisotopic (exact) mass is 180 g/mol. The number of hydrogen-bond acceptors (Lipinski definition) is 2. The molecule has 1 spiro atoms. The second-order valence-electron chi connectivity index (χ2n) is 5.11. The molecule has 3 fully saturated rings. The minimum atomic E-state index is 0.733. The predicted octanol–water partition coefficient (Wildman–Crippen LogP) is 1.22. The Morgan fingerprint density at radius 3 is 2.54 bits per heavy atom. The summed E-state index contributed by atoms with van der Waals surface area (Å²) in [6.45, 7) is 5.30. The maximum Gasteiger partial charge on any atom is 0.0289 e. The molecule has 0 amide bonds. The van der Waals surface area contributed by atoms with Gasteiger partial charge in [-0.3, -0.25) is 4.90 Å². The van der Waals surface area contributed by atoms with Crippen molar-refractivity contribution in [3.8, 4) is 0 Å². The van der Waals surface area contributed by atoms with Crippen molar-refractivity contribution in [3.05, 3.63) is 0 Å². The van der Waals surface area contributed by atoms with Gasteiger partial charge < -0.3 is 5.32 Å². The maximum absolute atomic E-state index is 3.58. The van der Waals surface area contributed by atoms with E-state index in [4.69, 9.17) is 0 Å². The van der Waals surface area contributed by atoms with Crippen molar-refractivity contribution in [2.45, 2.75) is 38.1 Å². The molecule has 2 nitrogen and oxygen atoms in total. The van der Waals surface area contributed by atoms with E-state index in [2.05, 4.69) is 10.2 Å². The third kappa shape index (κ3) is 1.31. The summed E-state index contributed by atoms with van der Waals surface area (Å²) in [6.07, 6.45) is 7.31. The van der Waals surface area contributed by atoms with Crippen molar-refractivity contribution >= 4 is 0 Å². The lowest BCUT2D eigenvalue weighted by molar-refractivity contribution is 0.134. The number of piperidine rings is 1. The molecular formula is C11H20N2. The minimum absolute atomic E-state index is 0.733. The van der Waals surface area contributed by atoms with E-state index in [0.717, 1.165) is 11.5 Å². The van der Waals surface area contributed by atoms with Gasteiger partial charge in [0.05, 0.1) is 0 Å². The second kappa shape index (κ2) is 2.96. The summed E-state index contributed by atoms with van der Waals surface area (Å²) in [5.41, 5.74) is 0.733. The topological polar surface area (TPSA) is 15.3 Å². The fourth-order valence-electron chi connectivity index (χ4n) is 3.21. The van der Waals surface area contributed by atoms with E-state index in [0.29, 0.717) is 0 Å². The molecule has 2 heteroatoms. The Kier molecular flexibility index (Phi) is 1.88. The largest absolute Gasteiger partial charge is 0.315 e. The van der Waals surface area contributed by atoms with Gasteiger partial charge in [-0.25, -0.2) is 0 Å². The molecule has 1 saturated carbocycles. The summed E-state index contributed by atoms with van der Waals surface area (Å²) in [5, 5.41) is 3.58. The van der Waals surface area contributed by atoms with Crippen LogP contribution < -0.4 is 5.32 Å². The number of likely N-dealkylation sites (tertiary alicyclic amines) is 1. The van der Waals surface area contributed by atoms with Crippen LogP contribution in [0.4, 0.5) is 0 Å². The van der Waals surface area contributed by atoms with Gasteiger partial charge in [-0.1, -0.05) is 6.42 Å². The molecule has 0 radical (unpaired) electrons. The molecular weight excluding hydrogens is 160 g/mol. The highest BCUT2D eigenvalue weighted by Gasteiger charge is 2.53. The Labute approximate surface area is 80.7 Å². The summed E-state index contributed by atoms with van der Waals surface area (Å²) in [7, 11) is 0. The highest BCUT2D eigenvalue weighted by atomic mass is 15.2. The van der Waals surface area contributed by atoms with Crippen LogP contribution in [0, 0.1) is 5.41 Å². The van der Waals surface area contributed by atoms with Crippen LogP contribution in [0.3, 0.4) is 0 Å². The second-order valence-corrected chi connectivity index (χ2v) is 5.11. The Bertz CT molecular complexity index is 192. The fourth-order valence-corrected chi connectivity index (χ4v) is 3.21. The Hall–Kier alpha value is -0.0800. The first-order chi connectivity index (χ1) is 6.41. The molecule has 0 bridgehead atoms. The van der Waals surface area contributed by atoms with Crippen LogP contribution in [-0.2, 0) is 0 Å². The third-order valence-corrected chi connectivity index (χ3v) is 4.25. The molecule has 0 aromatic heterocycles. The standard InChI is InChI=1S/C11H20N2/c1-2-6-13(7-3-1)10-8-12-9-11(10)4-5-11/h10,12H,1-9H2/t10-/m0/s1. The number of nitrogens with zero attached hydrogens (tertiary/aromatic N) is 1. The van der Waals surface area contributed by atoms with E-state index < -0.39 is 0 Å². The summed E-state index contributed by atoms with van der Waals surface area (Å²) in [5.74, 6) is 0. The van der Waals surface area contributed by atoms with Crippen molar-refractivity contribution in [1.29, 1.82) is 0 Å². The van der Waals surface area contributed by atoms with Crippen LogP contribution in [0.1, 0.15) is 32.1 Å². The highest BCUT2D eigenvalue weighted by molar-refractivity contribution is 5.09. The van der Waals surface area contributed by atoms with Crippen LogP contribution in [-0.4, -0.2) is 37.1 Å². The van der Waals surface area contributed by atoms with E-state index >= 15 is 0 Å². The fraction of sp³-hybridized carbons (Fsp3) is 1.00. The quantitative estimate of drug-likeness (QED) is 0.653. The Morgan fingerprint density at radius 2 is 1.85 bits per heavy atom. The highest BCUT2D eigenvalue weighted by Crippen LogP contribution is 2.52. The molecule has 0 aromatic rings. The predicted molar refractivity (Wildman–Crippen MR) is 53.7 cm³/mol. The van der Waals surface area contributed by atoms with Crippen LogP contribution in [0.15, 0.2) is 0 Å². The summed E-state index contributed by atoms with van der Waals surface area (Å²) in [4.78, 5) is 2.76. The molecule has 2 aliphatic heterocycles. The molecule has 2 heterocycles. The average molecular weight is 180 g/mol. The van der Waals surface area contributed by atoms with E-state index in [1.165, 1.54) is 58.3 Å². The normalized spacial score (nSPS) is 38.3. The smallest absolute Gasteiger partial charge is 0.0289 e. The molecule has 13 heavy (non-hydrogen) atoms. The first-order valence-electron chi connectivity index (χ1n) is 5.86. The van der Waals surface area contributed by atoms with Crippen molar-refractivity contribution in [2.75, 3.05) is 26.2 Å². The minimum Gasteiger partial charge on any atom is -0.315 e. The number of hydrogen-bond donors (Lipinski definition) is 1. The first kappa shape index (κ1) is 8.25.